The van der Waals surface area contributed by atoms with Crippen LogP contribution in [0.2, 0.25) is 0 Å². The third-order valence-corrected chi connectivity index (χ3v) is 3.51. The van der Waals surface area contributed by atoms with Crippen LogP contribution in [-0.4, -0.2) is 10.2 Å². The topological polar surface area (TPSA) is 0 Å². The Hall–Kier alpha value is 0.960. The van der Waals surface area contributed by atoms with E-state index in [0.29, 0.717) is 0 Å². The number of alkyl halides is 2. The van der Waals surface area contributed by atoms with Gasteiger partial charge in [-0.3, -0.25) is 0 Å². The van der Waals surface area contributed by atoms with Crippen molar-refractivity contribution >= 4 is 31.9 Å². The number of unbranched alkanes of at least 4 members (excludes halogenated alkanes) is 3. The van der Waals surface area contributed by atoms with Crippen molar-refractivity contribution in [2.75, 3.05) is 5.33 Å². The van der Waals surface area contributed by atoms with Gasteiger partial charge in [-0.05, 0) is 19.3 Å². The van der Waals surface area contributed by atoms with Crippen molar-refractivity contribution in [2.24, 2.45) is 0 Å². The zero-order valence-electron chi connectivity index (χ0n) is 7.28. The second kappa shape index (κ2) is 9.05. The van der Waals surface area contributed by atoms with E-state index in [2.05, 4.69) is 38.8 Å². The Balaban J connectivity index is 2.89. The van der Waals surface area contributed by atoms with Crippen LogP contribution in [-0.2, 0) is 0 Å². The van der Waals surface area contributed by atoms with E-state index in [1.165, 1.54) is 43.9 Å². The molecule has 0 aromatic heterocycles. The van der Waals surface area contributed by atoms with Gasteiger partial charge in [0.1, 0.15) is 0 Å². The lowest BCUT2D eigenvalue weighted by molar-refractivity contribution is 0.617. The maximum absolute atomic E-state index is 3.64. The van der Waals surface area contributed by atoms with Crippen molar-refractivity contribution < 1.29 is 0 Å². The first-order chi connectivity index (χ1) is 5.31. The monoisotopic (exact) mass is 284 g/mol. The SMILES string of the molecule is CCC(Br)CCCCCCBr. The number of hydrogen-bond donors (Lipinski definition) is 0. The Morgan fingerprint density at radius 1 is 1.09 bits per heavy atom. The van der Waals surface area contributed by atoms with Gasteiger partial charge >= 0.3 is 0 Å². The van der Waals surface area contributed by atoms with Crippen molar-refractivity contribution in [2.45, 2.75) is 50.3 Å². The minimum atomic E-state index is 0.756. The first kappa shape index (κ1) is 12.0. The molecule has 0 saturated carbocycles. The molecule has 0 amide bonds. The molecule has 0 N–H and O–H groups in total. The van der Waals surface area contributed by atoms with Crippen LogP contribution in [0.15, 0.2) is 0 Å². The molecule has 0 spiro atoms. The molecule has 0 rings (SSSR count). The Labute approximate surface area is 87.4 Å². The van der Waals surface area contributed by atoms with Crippen LogP contribution < -0.4 is 0 Å². The van der Waals surface area contributed by atoms with Crippen LogP contribution in [0, 0.1) is 0 Å². The van der Waals surface area contributed by atoms with Gasteiger partial charge in [0.05, 0.1) is 0 Å². The first-order valence-corrected chi connectivity index (χ1v) is 6.55. The Bertz CT molecular complexity index is 74.0. The number of rotatable bonds is 7. The zero-order valence-corrected chi connectivity index (χ0v) is 10.5. The largest absolute Gasteiger partial charge is 0.0928 e. The summed E-state index contributed by atoms with van der Waals surface area (Å²) in [4.78, 5) is 0.756. The quantitative estimate of drug-likeness (QED) is 0.477. The summed E-state index contributed by atoms with van der Waals surface area (Å²) in [6, 6.07) is 0. The average molecular weight is 286 g/mol. The molecule has 0 nitrogen and oxygen atoms in total. The summed E-state index contributed by atoms with van der Waals surface area (Å²) in [7, 11) is 0. The highest BCUT2D eigenvalue weighted by Gasteiger charge is 1.98. The second-order valence-corrected chi connectivity index (χ2v) is 4.99. The molecule has 68 valence electrons. The van der Waals surface area contributed by atoms with Gasteiger partial charge in [-0.15, -0.1) is 0 Å². The van der Waals surface area contributed by atoms with E-state index in [9.17, 15) is 0 Å². The van der Waals surface area contributed by atoms with Crippen LogP contribution in [0.5, 0.6) is 0 Å². The maximum Gasteiger partial charge on any atom is 0.0143 e. The zero-order chi connectivity index (χ0) is 8.53. The molecule has 0 fully saturated rings. The predicted molar refractivity (Wildman–Crippen MR) is 59.9 cm³/mol. The summed E-state index contributed by atoms with van der Waals surface area (Å²) in [6.07, 6.45) is 8.11. The van der Waals surface area contributed by atoms with Gasteiger partial charge in [0.2, 0.25) is 0 Å². The van der Waals surface area contributed by atoms with E-state index in [0.717, 1.165) is 4.83 Å². The molecule has 0 bridgehead atoms. The molecular formula is C9H18Br2. The van der Waals surface area contributed by atoms with Gasteiger partial charge in [0.15, 0.2) is 0 Å². The van der Waals surface area contributed by atoms with Crippen LogP contribution in [0.3, 0.4) is 0 Å². The van der Waals surface area contributed by atoms with E-state index < -0.39 is 0 Å². The number of hydrogen-bond acceptors (Lipinski definition) is 0. The fourth-order valence-electron chi connectivity index (χ4n) is 1.02. The Kier molecular flexibility index (Phi) is 9.84. The highest BCUT2D eigenvalue weighted by molar-refractivity contribution is 9.09. The molecule has 0 aromatic rings. The Morgan fingerprint density at radius 3 is 2.27 bits per heavy atom. The second-order valence-electron chi connectivity index (χ2n) is 2.90. The van der Waals surface area contributed by atoms with Gasteiger partial charge in [0, 0.05) is 10.2 Å². The molecule has 0 aliphatic heterocycles. The smallest absolute Gasteiger partial charge is 0.0143 e. The molecular weight excluding hydrogens is 268 g/mol. The van der Waals surface area contributed by atoms with Gasteiger partial charge in [-0.2, -0.15) is 0 Å². The summed E-state index contributed by atoms with van der Waals surface area (Å²) in [5.41, 5.74) is 0. The fourth-order valence-corrected chi connectivity index (χ4v) is 1.74. The highest BCUT2D eigenvalue weighted by atomic mass is 79.9. The van der Waals surface area contributed by atoms with Crippen molar-refractivity contribution in [3.05, 3.63) is 0 Å². The lowest BCUT2D eigenvalue weighted by Crippen LogP contribution is -1.94. The van der Waals surface area contributed by atoms with Gasteiger partial charge in [0.25, 0.3) is 0 Å². The number of halogens is 2. The summed E-state index contributed by atoms with van der Waals surface area (Å²) >= 11 is 7.07. The van der Waals surface area contributed by atoms with Crippen molar-refractivity contribution in [1.82, 2.24) is 0 Å². The predicted octanol–water partition coefficient (Wildman–Crippen LogP) is 4.51. The van der Waals surface area contributed by atoms with Crippen LogP contribution >= 0.6 is 31.9 Å². The van der Waals surface area contributed by atoms with Crippen LogP contribution in [0.4, 0.5) is 0 Å². The summed E-state index contributed by atoms with van der Waals surface area (Å²) in [6.45, 7) is 2.23. The molecule has 0 aliphatic rings. The van der Waals surface area contributed by atoms with Crippen molar-refractivity contribution in [3.8, 4) is 0 Å². The van der Waals surface area contributed by atoms with E-state index in [4.69, 9.17) is 0 Å². The molecule has 0 saturated heterocycles. The van der Waals surface area contributed by atoms with E-state index in [-0.39, 0.29) is 0 Å². The summed E-state index contributed by atoms with van der Waals surface area (Å²) < 4.78 is 0. The molecule has 2 heteroatoms. The maximum atomic E-state index is 3.64. The standard InChI is InChI=1S/C9H18Br2/c1-2-9(11)7-5-3-4-6-8-10/h9H,2-8H2,1H3. The minimum Gasteiger partial charge on any atom is -0.0928 e. The van der Waals surface area contributed by atoms with Crippen LogP contribution in [0.1, 0.15) is 45.4 Å². The lowest BCUT2D eigenvalue weighted by atomic mass is 10.1. The van der Waals surface area contributed by atoms with E-state index >= 15 is 0 Å². The normalized spacial score (nSPS) is 13.4. The highest BCUT2D eigenvalue weighted by Crippen LogP contribution is 2.14. The Morgan fingerprint density at radius 2 is 1.73 bits per heavy atom. The van der Waals surface area contributed by atoms with Gasteiger partial charge in [-0.1, -0.05) is 58.0 Å². The first-order valence-electron chi connectivity index (χ1n) is 4.51. The lowest BCUT2D eigenvalue weighted by Gasteiger charge is -2.04. The van der Waals surface area contributed by atoms with E-state index in [1.54, 1.807) is 0 Å². The van der Waals surface area contributed by atoms with Crippen molar-refractivity contribution in [3.63, 3.8) is 0 Å². The molecule has 1 unspecified atom stereocenters. The molecule has 0 radical (unpaired) electrons. The van der Waals surface area contributed by atoms with Gasteiger partial charge in [-0.25, -0.2) is 0 Å². The summed E-state index contributed by atoms with van der Waals surface area (Å²) in [5, 5.41) is 1.17. The molecule has 0 heterocycles. The fraction of sp³-hybridized carbons (Fsp3) is 1.00. The van der Waals surface area contributed by atoms with E-state index in [1.807, 2.05) is 0 Å². The summed E-state index contributed by atoms with van der Waals surface area (Å²) in [5.74, 6) is 0. The van der Waals surface area contributed by atoms with Crippen LogP contribution in [0.25, 0.3) is 0 Å². The third kappa shape index (κ3) is 8.87. The average Bonchev–Trinajstić information content (AvgIpc) is 2.04. The molecule has 11 heavy (non-hydrogen) atoms. The van der Waals surface area contributed by atoms with Crippen molar-refractivity contribution in [1.29, 1.82) is 0 Å². The molecule has 0 aromatic carbocycles. The van der Waals surface area contributed by atoms with Gasteiger partial charge < -0.3 is 0 Å². The minimum absolute atomic E-state index is 0.756. The third-order valence-electron chi connectivity index (χ3n) is 1.84. The molecule has 0 aliphatic carbocycles. The molecule has 1 atom stereocenters.